The Balaban J connectivity index is 1.44. The van der Waals surface area contributed by atoms with E-state index in [1.54, 1.807) is 7.11 Å². The quantitative estimate of drug-likeness (QED) is 0.0623. The third kappa shape index (κ3) is 10.5. The predicted molar refractivity (Wildman–Crippen MR) is 230 cm³/mol. The number of methoxy groups -OCH3 is 1. The molecular weight excluding hydrogens is 737 g/mol. The van der Waals surface area contributed by atoms with Crippen LogP contribution < -0.4 is 4.90 Å². The maximum Gasteiger partial charge on any atom is 0.410 e. The first kappa shape index (κ1) is 42.0. The summed E-state index contributed by atoms with van der Waals surface area (Å²) in [6, 6.07) is 16.7. The van der Waals surface area contributed by atoms with E-state index in [1.807, 2.05) is 60.8 Å². The number of rotatable bonds is 16. The Morgan fingerprint density at radius 3 is 2.02 bits per heavy atom. The maximum absolute atomic E-state index is 13.5. The topological polar surface area (TPSA) is 104 Å². The number of aromatic nitrogens is 4. The molecule has 2 saturated heterocycles. The van der Waals surface area contributed by atoms with Crippen LogP contribution in [0.25, 0.3) is 28.0 Å². The van der Waals surface area contributed by atoms with Gasteiger partial charge in [0.2, 0.25) is 0 Å². The number of ether oxygens (including phenoxy) is 4. The van der Waals surface area contributed by atoms with E-state index in [-0.39, 0.29) is 24.1 Å². The third-order valence-corrected chi connectivity index (χ3v) is 14.1. The van der Waals surface area contributed by atoms with Crippen molar-refractivity contribution in [3.05, 3.63) is 66.1 Å². The fourth-order valence-electron chi connectivity index (χ4n) is 7.79. The first-order valence-electron chi connectivity index (χ1n) is 20.3. The zero-order valence-corrected chi connectivity index (χ0v) is 37.4. The monoisotopic (exact) mass is 800 g/mol. The van der Waals surface area contributed by atoms with E-state index in [9.17, 15) is 4.79 Å². The van der Waals surface area contributed by atoms with Gasteiger partial charge in [-0.25, -0.2) is 9.78 Å². The van der Waals surface area contributed by atoms with Gasteiger partial charge < -0.3 is 28.7 Å². The summed E-state index contributed by atoms with van der Waals surface area (Å²) in [7, 11) is -0.893. The Labute approximate surface area is 336 Å². The molecule has 1 aromatic carbocycles. The van der Waals surface area contributed by atoms with Gasteiger partial charge in [0.1, 0.15) is 24.9 Å². The molecule has 304 valence electrons. The lowest BCUT2D eigenvalue weighted by Gasteiger charge is -2.40. The lowest BCUT2D eigenvalue weighted by atomic mass is 9.86. The Kier molecular flexibility index (Phi) is 13.1. The number of fused-ring (bicyclic) bond motifs is 3. The number of carbonyl (C=O) groups is 1. The molecule has 13 heteroatoms. The largest absolute Gasteiger partial charge is 0.444 e. The van der Waals surface area contributed by atoms with Gasteiger partial charge in [0.25, 0.3) is 0 Å². The molecule has 5 heterocycles. The average molecular weight is 801 g/mol. The van der Waals surface area contributed by atoms with Crippen LogP contribution in [0.2, 0.25) is 51.4 Å². The van der Waals surface area contributed by atoms with Crippen LogP contribution in [-0.2, 0) is 25.6 Å². The molecular formula is C43H64N6O5Si2. The Bertz CT molecular complexity index is 1880. The van der Waals surface area contributed by atoms with Crippen molar-refractivity contribution in [2.24, 2.45) is 0 Å². The van der Waals surface area contributed by atoms with Crippen molar-refractivity contribution in [2.75, 3.05) is 38.7 Å². The molecule has 2 atom stereocenters. The van der Waals surface area contributed by atoms with Gasteiger partial charge in [0, 0.05) is 82.9 Å². The first-order valence-corrected chi connectivity index (χ1v) is 27.8. The van der Waals surface area contributed by atoms with Crippen molar-refractivity contribution in [3.8, 4) is 22.4 Å². The van der Waals surface area contributed by atoms with E-state index in [0.717, 1.165) is 82.9 Å². The molecule has 2 aliphatic heterocycles. The molecule has 0 saturated carbocycles. The van der Waals surface area contributed by atoms with Crippen LogP contribution in [0.1, 0.15) is 63.6 Å². The lowest BCUT2D eigenvalue weighted by Crippen LogP contribution is -2.48. The fraction of sp³-hybridized carbons (Fsp3) is 0.581. The second-order valence-electron chi connectivity index (χ2n) is 19.0. The summed E-state index contributed by atoms with van der Waals surface area (Å²) in [5.41, 5.74) is 5.98. The number of nitrogens with zero attached hydrogens (tertiary/aromatic N) is 6. The van der Waals surface area contributed by atoms with Crippen molar-refractivity contribution >= 4 is 33.7 Å². The van der Waals surface area contributed by atoms with E-state index in [1.165, 1.54) is 0 Å². The van der Waals surface area contributed by atoms with Gasteiger partial charge in [0.15, 0.2) is 5.65 Å². The van der Waals surface area contributed by atoms with Gasteiger partial charge >= 0.3 is 6.09 Å². The first-order chi connectivity index (χ1) is 26.5. The molecule has 11 nitrogen and oxygen atoms in total. The van der Waals surface area contributed by atoms with E-state index in [4.69, 9.17) is 34.0 Å². The van der Waals surface area contributed by atoms with Gasteiger partial charge in [-0.2, -0.15) is 9.61 Å². The minimum absolute atomic E-state index is 0.0792. The highest BCUT2D eigenvalue weighted by atomic mass is 28.3. The SMILES string of the molecule is COCc1c(C2CC3CCC(C2)N3C(=O)OC(C)(C)C)nc2c(-c3ccc(-c4ccccc4)nc3)cnn2c1N(COCC[Si](C)(C)C)COCC[Si](C)(C)C. The predicted octanol–water partition coefficient (Wildman–Crippen LogP) is 9.68. The molecule has 0 radical (unpaired) electrons. The molecule has 6 rings (SSSR count). The number of benzene rings is 1. The molecule has 3 aromatic heterocycles. The van der Waals surface area contributed by atoms with E-state index in [2.05, 4.69) is 68.4 Å². The smallest absolute Gasteiger partial charge is 0.410 e. The number of pyridine rings is 1. The minimum Gasteiger partial charge on any atom is -0.444 e. The van der Waals surface area contributed by atoms with Crippen LogP contribution in [0.15, 0.2) is 54.9 Å². The molecule has 56 heavy (non-hydrogen) atoms. The van der Waals surface area contributed by atoms with Crippen molar-refractivity contribution in [2.45, 2.75) is 128 Å². The third-order valence-electron chi connectivity index (χ3n) is 10.7. The molecule has 0 spiro atoms. The average Bonchev–Trinajstić information content (AvgIpc) is 3.67. The molecule has 1 amide bonds. The summed E-state index contributed by atoms with van der Waals surface area (Å²) in [6.45, 7) is 22.4. The highest BCUT2D eigenvalue weighted by molar-refractivity contribution is 6.76. The highest BCUT2D eigenvalue weighted by Gasteiger charge is 2.46. The van der Waals surface area contributed by atoms with Crippen molar-refractivity contribution in [1.82, 2.24) is 24.5 Å². The standard InChI is InChI=1S/C43H64N6O5Si2/c1-43(2,3)54-42(50)48-34-17-18-35(48)25-33(24-34)39-37(28-51-4)41(47(29-52-20-22-55(5,6)7)30-53-21-23-56(8,9)10)49-40(46-39)36(27-45-49)32-16-19-38(44-26-32)31-14-12-11-13-15-31/h11-16,19,26-27,33-35H,17-18,20-25,28-30H2,1-10H3. The summed E-state index contributed by atoms with van der Waals surface area (Å²) in [6.07, 6.45) is 7.10. The van der Waals surface area contributed by atoms with E-state index in [0.29, 0.717) is 33.3 Å². The van der Waals surface area contributed by atoms with E-state index < -0.39 is 21.7 Å². The van der Waals surface area contributed by atoms with Gasteiger partial charge in [0.05, 0.1) is 24.2 Å². The zero-order chi connectivity index (χ0) is 40.3. The highest BCUT2D eigenvalue weighted by Crippen LogP contribution is 2.46. The summed E-state index contributed by atoms with van der Waals surface area (Å²) in [4.78, 5) is 28.1. The van der Waals surface area contributed by atoms with Crippen molar-refractivity contribution in [3.63, 3.8) is 0 Å². The Morgan fingerprint density at radius 1 is 0.857 bits per heavy atom. The second kappa shape index (κ2) is 17.5. The second-order valence-corrected chi connectivity index (χ2v) is 30.2. The van der Waals surface area contributed by atoms with Gasteiger partial charge in [-0.3, -0.25) is 4.98 Å². The fourth-order valence-corrected chi connectivity index (χ4v) is 9.30. The van der Waals surface area contributed by atoms with Crippen LogP contribution in [0, 0.1) is 0 Å². The summed E-state index contributed by atoms with van der Waals surface area (Å²) in [5, 5.41) is 5.03. The number of piperidine rings is 1. The van der Waals surface area contributed by atoms with Crippen LogP contribution in [0.4, 0.5) is 10.6 Å². The molecule has 0 aliphatic carbocycles. The molecule has 4 aromatic rings. The minimum atomic E-state index is -1.31. The summed E-state index contributed by atoms with van der Waals surface area (Å²) in [5.74, 6) is 0.971. The molecule has 2 fully saturated rings. The number of hydrogen-bond acceptors (Lipinski definition) is 9. The van der Waals surface area contributed by atoms with Crippen LogP contribution in [-0.4, -0.2) is 98.2 Å². The molecule has 0 N–H and O–H groups in total. The molecule has 2 bridgehead atoms. The number of carbonyl (C=O) groups excluding carboxylic acids is 1. The van der Waals surface area contributed by atoms with Crippen molar-refractivity contribution in [1.29, 1.82) is 0 Å². The van der Waals surface area contributed by atoms with E-state index >= 15 is 0 Å². The van der Waals surface area contributed by atoms with Crippen molar-refractivity contribution < 1.29 is 23.7 Å². The van der Waals surface area contributed by atoms with Gasteiger partial charge in [-0.15, -0.1) is 0 Å². The van der Waals surface area contributed by atoms with Crippen LogP contribution in [0.3, 0.4) is 0 Å². The zero-order valence-electron chi connectivity index (χ0n) is 35.4. The Hall–Kier alpha value is -3.63. The molecule has 2 aliphatic rings. The number of amides is 1. The lowest BCUT2D eigenvalue weighted by molar-refractivity contribution is 0.00560. The number of hydrogen-bond donors (Lipinski definition) is 0. The van der Waals surface area contributed by atoms with Crippen LogP contribution >= 0.6 is 0 Å². The maximum atomic E-state index is 13.5. The van der Waals surface area contributed by atoms with Gasteiger partial charge in [-0.05, 0) is 64.6 Å². The summed E-state index contributed by atoms with van der Waals surface area (Å²) < 4.78 is 26.8. The normalized spacial score (nSPS) is 18.8. The molecule has 2 unspecified atom stereocenters. The summed E-state index contributed by atoms with van der Waals surface area (Å²) >= 11 is 0. The van der Waals surface area contributed by atoms with Crippen LogP contribution in [0.5, 0.6) is 0 Å². The number of anilines is 1. The van der Waals surface area contributed by atoms with Gasteiger partial charge in [-0.1, -0.05) is 75.7 Å². The Morgan fingerprint density at radius 2 is 1.48 bits per heavy atom.